The Kier molecular flexibility index (Phi) is 5.72. The summed E-state index contributed by atoms with van der Waals surface area (Å²) >= 11 is 3.47. The molecular formula is C16H16BrNO2. The van der Waals surface area contributed by atoms with E-state index in [2.05, 4.69) is 27.2 Å². The largest absolute Gasteiger partial charge is 0.481 e. The summed E-state index contributed by atoms with van der Waals surface area (Å²) < 4.78 is 11.8. The molecule has 0 amide bonds. The lowest BCUT2D eigenvalue weighted by molar-refractivity contribution is 0.364. The number of halogens is 1. The van der Waals surface area contributed by atoms with Gasteiger partial charge in [0.1, 0.15) is 18.1 Å². The Balaban J connectivity index is 1.87. The zero-order valence-corrected chi connectivity index (χ0v) is 12.7. The molecule has 0 aliphatic rings. The van der Waals surface area contributed by atoms with E-state index in [0.29, 0.717) is 0 Å². The van der Waals surface area contributed by atoms with Gasteiger partial charge in [0.15, 0.2) is 0 Å². The molecule has 2 aromatic rings. The first-order valence-electron chi connectivity index (χ1n) is 6.37. The molecule has 0 atom stereocenters. The van der Waals surface area contributed by atoms with Crippen LogP contribution in [-0.4, -0.2) is 13.2 Å². The van der Waals surface area contributed by atoms with Gasteiger partial charge in [0.05, 0.1) is 6.26 Å². The van der Waals surface area contributed by atoms with E-state index < -0.39 is 0 Å². The van der Waals surface area contributed by atoms with Gasteiger partial charge in [0, 0.05) is 29.5 Å². The van der Waals surface area contributed by atoms with Gasteiger partial charge in [-0.15, -0.1) is 6.42 Å². The molecule has 20 heavy (non-hydrogen) atoms. The van der Waals surface area contributed by atoms with Gasteiger partial charge in [-0.05, 0) is 30.3 Å². The van der Waals surface area contributed by atoms with Gasteiger partial charge >= 0.3 is 0 Å². The van der Waals surface area contributed by atoms with Crippen LogP contribution in [0.4, 0.5) is 0 Å². The highest BCUT2D eigenvalue weighted by atomic mass is 79.9. The van der Waals surface area contributed by atoms with Crippen molar-refractivity contribution < 1.29 is 9.15 Å². The Morgan fingerprint density at radius 1 is 1.35 bits per heavy atom. The quantitative estimate of drug-likeness (QED) is 0.623. The lowest BCUT2D eigenvalue weighted by Gasteiger charge is -2.11. The lowest BCUT2D eigenvalue weighted by Crippen LogP contribution is -2.17. The summed E-state index contributed by atoms with van der Waals surface area (Å²) in [5.74, 6) is 4.28. The number of hydrogen-bond donors (Lipinski definition) is 1. The molecule has 0 unspecified atom stereocenters. The molecular weight excluding hydrogens is 318 g/mol. The van der Waals surface area contributed by atoms with Gasteiger partial charge in [0.2, 0.25) is 0 Å². The van der Waals surface area contributed by atoms with Crippen LogP contribution >= 0.6 is 15.9 Å². The van der Waals surface area contributed by atoms with Gasteiger partial charge in [0.25, 0.3) is 0 Å². The van der Waals surface area contributed by atoms with Crippen molar-refractivity contribution in [2.45, 2.75) is 13.0 Å². The third kappa shape index (κ3) is 4.44. The summed E-state index contributed by atoms with van der Waals surface area (Å²) in [5, 5.41) is 3.37. The molecule has 1 aromatic carbocycles. The van der Waals surface area contributed by atoms with E-state index in [1.54, 1.807) is 6.26 Å². The van der Waals surface area contributed by atoms with Crippen molar-refractivity contribution in [3.05, 3.63) is 52.4 Å². The minimum Gasteiger partial charge on any atom is -0.481 e. The van der Waals surface area contributed by atoms with Crippen LogP contribution in [0.1, 0.15) is 11.3 Å². The summed E-state index contributed by atoms with van der Waals surface area (Å²) in [5.41, 5.74) is 1.08. The normalized spacial score (nSPS) is 10.2. The van der Waals surface area contributed by atoms with Crippen molar-refractivity contribution in [2.24, 2.45) is 0 Å². The third-order valence-electron chi connectivity index (χ3n) is 2.78. The molecule has 0 aliphatic heterocycles. The zero-order valence-electron chi connectivity index (χ0n) is 11.1. The van der Waals surface area contributed by atoms with E-state index in [1.807, 2.05) is 30.3 Å². The first-order chi connectivity index (χ1) is 9.79. The van der Waals surface area contributed by atoms with Crippen LogP contribution in [0.25, 0.3) is 0 Å². The molecule has 1 heterocycles. The second-order valence-corrected chi connectivity index (χ2v) is 5.17. The van der Waals surface area contributed by atoms with Crippen molar-refractivity contribution in [3.8, 4) is 18.1 Å². The minimum absolute atomic E-state index is 0.279. The van der Waals surface area contributed by atoms with Crippen LogP contribution in [0.2, 0.25) is 0 Å². The predicted octanol–water partition coefficient (Wildman–Crippen LogP) is 3.39. The van der Waals surface area contributed by atoms with E-state index in [9.17, 15) is 0 Å². The Morgan fingerprint density at radius 2 is 2.25 bits per heavy atom. The van der Waals surface area contributed by atoms with E-state index >= 15 is 0 Å². The van der Waals surface area contributed by atoms with Crippen molar-refractivity contribution in [3.63, 3.8) is 0 Å². The summed E-state index contributed by atoms with van der Waals surface area (Å²) in [6, 6.07) is 9.77. The number of benzene rings is 1. The molecule has 2 rings (SSSR count). The van der Waals surface area contributed by atoms with E-state index in [1.165, 1.54) is 0 Å². The topological polar surface area (TPSA) is 34.4 Å². The fourth-order valence-corrected chi connectivity index (χ4v) is 2.24. The van der Waals surface area contributed by atoms with Crippen LogP contribution in [0, 0.1) is 12.3 Å². The monoisotopic (exact) mass is 333 g/mol. The van der Waals surface area contributed by atoms with E-state index in [-0.39, 0.29) is 6.61 Å². The second kappa shape index (κ2) is 7.78. The van der Waals surface area contributed by atoms with E-state index in [4.69, 9.17) is 15.6 Å². The van der Waals surface area contributed by atoms with Gasteiger partial charge in [-0.2, -0.15) is 0 Å². The fraction of sp³-hybridized carbons (Fsp3) is 0.250. The number of terminal acetylenes is 1. The Bertz CT molecular complexity index is 573. The molecule has 0 aliphatic carbocycles. The van der Waals surface area contributed by atoms with Gasteiger partial charge < -0.3 is 14.5 Å². The van der Waals surface area contributed by atoms with Crippen molar-refractivity contribution in [2.75, 3.05) is 13.2 Å². The van der Waals surface area contributed by atoms with Gasteiger partial charge in [-0.1, -0.05) is 21.9 Å². The molecule has 104 valence electrons. The summed E-state index contributed by atoms with van der Waals surface area (Å²) in [6.07, 6.45) is 7.77. The number of ether oxygens (including phenoxy) is 1. The molecule has 0 fully saturated rings. The highest BCUT2D eigenvalue weighted by molar-refractivity contribution is 9.10. The van der Waals surface area contributed by atoms with Crippen LogP contribution < -0.4 is 10.1 Å². The molecule has 4 heteroatoms. The zero-order chi connectivity index (χ0) is 14.2. The maximum atomic E-state index is 5.53. The molecule has 1 aromatic heterocycles. The maximum absolute atomic E-state index is 5.53. The smallest absolute Gasteiger partial charge is 0.148 e. The van der Waals surface area contributed by atoms with Crippen molar-refractivity contribution in [1.29, 1.82) is 0 Å². The molecule has 0 saturated heterocycles. The Labute approximate surface area is 127 Å². The first-order valence-corrected chi connectivity index (χ1v) is 7.16. The van der Waals surface area contributed by atoms with E-state index in [0.717, 1.165) is 41.1 Å². The number of nitrogens with one attached hydrogen (secondary N) is 1. The van der Waals surface area contributed by atoms with Crippen molar-refractivity contribution in [1.82, 2.24) is 5.32 Å². The minimum atomic E-state index is 0.279. The van der Waals surface area contributed by atoms with Gasteiger partial charge in [-0.3, -0.25) is 0 Å². The summed E-state index contributed by atoms with van der Waals surface area (Å²) in [4.78, 5) is 0. The molecule has 0 radical (unpaired) electrons. The van der Waals surface area contributed by atoms with Crippen LogP contribution in [0.3, 0.4) is 0 Å². The highest BCUT2D eigenvalue weighted by Gasteiger charge is 2.04. The summed E-state index contributed by atoms with van der Waals surface area (Å²) in [6.45, 7) is 1.84. The molecule has 0 saturated carbocycles. The highest BCUT2D eigenvalue weighted by Crippen LogP contribution is 2.23. The van der Waals surface area contributed by atoms with Crippen LogP contribution in [0.5, 0.6) is 5.75 Å². The average molecular weight is 334 g/mol. The predicted molar refractivity (Wildman–Crippen MR) is 82.6 cm³/mol. The second-order valence-electron chi connectivity index (χ2n) is 4.25. The Morgan fingerprint density at radius 3 is 3.00 bits per heavy atom. The first kappa shape index (κ1) is 14.7. The Hall–Kier alpha value is -1.70. The molecule has 3 nitrogen and oxygen atoms in total. The maximum Gasteiger partial charge on any atom is 0.148 e. The number of rotatable bonds is 7. The molecule has 1 N–H and O–H groups in total. The van der Waals surface area contributed by atoms with Crippen LogP contribution in [0.15, 0.2) is 45.5 Å². The molecule has 0 spiro atoms. The standard InChI is InChI=1S/C16H16BrNO2/c1-2-9-20-16-6-5-14(17)11-13(16)12-18-8-7-15-4-3-10-19-15/h1,3-6,10-11,18H,7-9,12H2. The number of hydrogen-bond acceptors (Lipinski definition) is 3. The average Bonchev–Trinajstić information content (AvgIpc) is 2.96. The van der Waals surface area contributed by atoms with Gasteiger partial charge in [-0.25, -0.2) is 0 Å². The number of furan rings is 1. The van der Waals surface area contributed by atoms with Crippen molar-refractivity contribution >= 4 is 15.9 Å². The third-order valence-corrected chi connectivity index (χ3v) is 3.27. The summed E-state index contributed by atoms with van der Waals surface area (Å²) in [7, 11) is 0. The molecule has 0 bridgehead atoms. The fourth-order valence-electron chi connectivity index (χ4n) is 1.84. The lowest BCUT2D eigenvalue weighted by atomic mass is 10.2. The SMILES string of the molecule is C#CCOc1ccc(Br)cc1CNCCc1ccco1. The van der Waals surface area contributed by atoms with Crippen LogP contribution in [-0.2, 0) is 13.0 Å².